The smallest absolute Gasteiger partial charge is 0.137 e. The molecule has 0 spiro atoms. The zero-order valence-electron chi connectivity index (χ0n) is 14.5. The molecule has 0 saturated heterocycles. The summed E-state index contributed by atoms with van der Waals surface area (Å²) in [6.07, 6.45) is 0. The summed E-state index contributed by atoms with van der Waals surface area (Å²) in [4.78, 5) is 2.39. The van der Waals surface area contributed by atoms with Crippen molar-refractivity contribution in [3.8, 4) is 17.1 Å². The van der Waals surface area contributed by atoms with Crippen LogP contribution >= 0.6 is 24.0 Å². The maximum Gasteiger partial charge on any atom is 0.137 e. The molecule has 0 radical (unpaired) electrons. The Hall–Kier alpha value is -1.20. The molecular weight excluding hydrogens is 347 g/mol. The van der Waals surface area contributed by atoms with Gasteiger partial charge in [0.2, 0.25) is 0 Å². The molecule has 0 aliphatic carbocycles. The van der Waals surface area contributed by atoms with Crippen molar-refractivity contribution in [1.82, 2.24) is 10.2 Å². The summed E-state index contributed by atoms with van der Waals surface area (Å²) in [5, 5.41) is 4.00. The Labute approximate surface area is 155 Å². The summed E-state index contributed by atoms with van der Waals surface area (Å²) >= 11 is 6.16. The summed E-state index contributed by atoms with van der Waals surface area (Å²) in [5.41, 5.74) is 0.949. The second-order valence-electron chi connectivity index (χ2n) is 5.32. The Kier molecular flexibility index (Phi) is 9.22. The number of likely N-dealkylation sites (N-methyl/N-ethyl adjacent to an activating group) is 1. The standard InChI is InChI=1S/C18H25ClN2O2.ClH/c1-4-21(5-2)11-10-20-13-15-7-9-17(23-15)14-6-8-18(22-3)16(19)12-14;/h6-9,12,20H,4-5,10-11,13H2,1-3H3;1H. The van der Waals surface area contributed by atoms with E-state index in [1.807, 2.05) is 30.3 Å². The summed E-state index contributed by atoms with van der Waals surface area (Å²) in [5.74, 6) is 2.40. The zero-order chi connectivity index (χ0) is 16.7. The van der Waals surface area contributed by atoms with E-state index in [1.165, 1.54) is 0 Å². The number of nitrogens with zero attached hydrogens (tertiary/aromatic N) is 1. The molecule has 1 heterocycles. The quantitative estimate of drug-likeness (QED) is 0.659. The van der Waals surface area contributed by atoms with E-state index in [1.54, 1.807) is 7.11 Å². The van der Waals surface area contributed by atoms with Crippen molar-refractivity contribution in [3.63, 3.8) is 0 Å². The molecule has 24 heavy (non-hydrogen) atoms. The molecule has 0 aliphatic heterocycles. The average Bonchev–Trinajstić information content (AvgIpc) is 3.04. The van der Waals surface area contributed by atoms with Gasteiger partial charge in [0.05, 0.1) is 18.7 Å². The molecule has 0 amide bonds. The fraction of sp³-hybridized carbons (Fsp3) is 0.444. The maximum atomic E-state index is 6.16. The second-order valence-corrected chi connectivity index (χ2v) is 5.73. The molecule has 0 atom stereocenters. The van der Waals surface area contributed by atoms with Crippen LogP contribution in [-0.2, 0) is 6.54 Å². The summed E-state index contributed by atoms with van der Waals surface area (Å²) in [6.45, 7) is 9.26. The SMILES string of the molecule is CCN(CC)CCNCc1ccc(-c2ccc(OC)c(Cl)c2)o1.Cl. The highest BCUT2D eigenvalue weighted by molar-refractivity contribution is 6.32. The molecule has 0 unspecified atom stereocenters. The fourth-order valence-corrected chi connectivity index (χ4v) is 2.69. The first-order chi connectivity index (χ1) is 11.2. The average molecular weight is 373 g/mol. The topological polar surface area (TPSA) is 37.6 Å². The van der Waals surface area contributed by atoms with E-state index in [4.69, 9.17) is 20.8 Å². The third kappa shape index (κ3) is 5.71. The van der Waals surface area contributed by atoms with Crippen molar-refractivity contribution in [3.05, 3.63) is 41.1 Å². The Morgan fingerprint density at radius 3 is 2.54 bits per heavy atom. The maximum absolute atomic E-state index is 6.16. The van der Waals surface area contributed by atoms with E-state index in [9.17, 15) is 0 Å². The number of rotatable bonds is 9. The second kappa shape index (κ2) is 10.6. The van der Waals surface area contributed by atoms with Crippen LogP contribution in [0, 0.1) is 0 Å². The van der Waals surface area contributed by atoms with Crippen LogP contribution < -0.4 is 10.1 Å². The molecule has 134 valence electrons. The first kappa shape index (κ1) is 20.8. The number of furan rings is 1. The molecule has 2 rings (SSSR count). The number of halogens is 2. The van der Waals surface area contributed by atoms with Crippen LogP contribution in [0.4, 0.5) is 0 Å². The number of nitrogens with one attached hydrogen (secondary N) is 1. The van der Waals surface area contributed by atoms with Crippen molar-refractivity contribution < 1.29 is 9.15 Å². The monoisotopic (exact) mass is 372 g/mol. The molecule has 2 aromatic rings. The lowest BCUT2D eigenvalue weighted by Gasteiger charge is -2.17. The fourth-order valence-electron chi connectivity index (χ4n) is 2.44. The van der Waals surface area contributed by atoms with Crippen molar-refractivity contribution in [1.29, 1.82) is 0 Å². The minimum absolute atomic E-state index is 0. The van der Waals surface area contributed by atoms with Gasteiger partial charge in [-0.3, -0.25) is 0 Å². The molecule has 1 aromatic carbocycles. The molecule has 0 saturated carbocycles. The van der Waals surface area contributed by atoms with Gasteiger partial charge in [0.25, 0.3) is 0 Å². The lowest BCUT2D eigenvalue weighted by Crippen LogP contribution is -2.31. The first-order valence-corrected chi connectivity index (χ1v) is 8.41. The molecule has 0 fully saturated rings. The normalized spacial score (nSPS) is 10.7. The first-order valence-electron chi connectivity index (χ1n) is 8.03. The van der Waals surface area contributed by atoms with Crippen molar-refractivity contribution in [2.24, 2.45) is 0 Å². The number of hydrogen-bond donors (Lipinski definition) is 1. The van der Waals surface area contributed by atoms with Crippen molar-refractivity contribution in [2.75, 3.05) is 33.3 Å². The Morgan fingerprint density at radius 1 is 1.17 bits per heavy atom. The molecule has 6 heteroatoms. The number of methoxy groups -OCH3 is 1. The van der Waals surface area contributed by atoms with Gasteiger partial charge in [-0.05, 0) is 43.4 Å². The minimum atomic E-state index is 0. The third-order valence-electron chi connectivity index (χ3n) is 3.90. The summed E-state index contributed by atoms with van der Waals surface area (Å²) in [6, 6.07) is 9.62. The lowest BCUT2D eigenvalue weighted by molar-refractivity contribution is 0.300. The van der Waals surface area contributed by atoms with Gasteiger partial charge in [0, 0.05) is 18.7 Å². The van der Waals surface area contributed by atoms with Gasteiger partial charge in [-0.15, -0.1) is 12.4 Å². The van der Waals surface area contributed by atoms with Crippen LogP contribution in [0.25, 0.3) is 11.3 Å². The van der Waals surface area contributed by atoms with Gasteiger partial charge in [-0.1, -0.05) is 25.4 Å². The van der Waals surface area contributed by atoms with Crippen LogP contribution in [0.3, 0.4) is 0 Å². The Bertz CT molecular complexity index is 613. The third-order valence-corrected chi connectivity index (χ3v) is 4.19. The van der Waals surface area contributed by atoms with Gasteiger partial charge in [-0.2, -0.15) is 0 Å². The van der Waals surface area contributed by atoms with Crippen LogP contribution in [0.2, 0.25) is 5.02 Å². The van der Waals surface area contributed by atoms with E-state index in [-0.39, 0.29) is 12.4 Å². The van der Waals surface area contributed by atoms with Crippen LogP contribution in [0.5, 0.6) is 5.75 Å². The van der Waals surface area contributed by atoms with Gasteiger partial charge < -0.3 is 19.4 Å². The summed E-state index contributed by atoms with van der Waals surface area (Å²) < 4.78 is 11.1. The molecule has 0 bridgehead atoms. The van der Waals surface area contributed by atoms with E-state index in [0.717, 1.165) is 49.8 Å². The predicted molar refractivity (Wildman–Crippen MR) is 102 cm³/mol. The van der Waals surface area contributed by atoms with Crippen LogP contribution in [0.15, 0.2) is 34.7 Å². The van der Waals surface area contributed by atoms with E-state index < -0.39 is 0 Å². The molecule has 0 aliphatic rings. The van der Waals surface area contributed by atoms with E-state index >= 15 is 0 Å². The Morgan fingerprint density at radius 2 is 1.92 bits per heavy atom. The van der Waals surface area contributed by atoms with Crippen molar-refractivity contribution in [2.45, 2.75) is 20.4 Å². The minimum Gasteiger partial charge on any atom is -0.495 e. The molecule has 1 aromatic heterocycles. The highest BCUT2D eigenvalue weighted by Crippen LogP contribution is 2.31. The van der Waals surface area contributed by atoms with Gasteiger partial charge in [0.1, 0.15) is 17.3 Å². The zero-order valence-corrected chi connectivity index (χ0v) is 16.0. The lowest BCUT2D eigenvalue weighted by atomic mass is 10.2. The van der Waals surface area contributed by atoms with Gasteiger partial charge in [0.15, 0.2) is 0 Å². The largest absolute Gasteiger partial charge is 0.495 e. The molecule has 1 N–H and O–H groups in total. The Balaban J connectivity index is 0.00000288. The highest BCUT2D eigenvalue weighted by Gasteiger charge is 2.08. The number of ether oxygens (including phenoxy) is 1. The summed E-state index contributed by atoms with van der Waals surface area (Å²) in [7, 11) is 1.61. The highest BCUT2D eigenvalue weighted by atomic mass is 35.5. The number of hydrogen-bond acceptors (Lipinski definition) is 4. The van der Waals surface area contributed by atoms with Gasteiger partial charge >= 0.3 is 0 Å². The van der Waals surface area contributed by atoms with Crippen LogP contribution in [-0.4, -0.2) is 38.2 Å². The van der Waals surface area contributed by atoms with E-state index in [0.29, 0.717) is 10.8 Å². The molecule has 4 nitrogen and oxygen atoms in total. The van der Waals surface area contributed by atoms with Crippen molar-refractivity contribution >= 4 is 24.0 Å². The molecular formula is C18H26Cl2N2O2. The van der Waals surface area contributed by atoms with Crippen LogP contribution in [0.1, 0.15) is 19.6 Å². The van der Waals surface area contributed by atoms with E-state index in [2.05, 4.69) is 24.1 Å². The van der Waals surface area contributed by atoms with Gasteiger partial charge in [-0.25, -0.2) is 0 Å². The predicted octanol–water partition coefficient (Wildman–Crippen LogP) is 4.46. The number of benzene rings is 1.